The predicted molar refractivity (Wildman–Crippen MR) is 69.7 cm³/mol. The molecule has 0 radical (unpaired) electrons. The van der Waals surface area contributed by atoms with Crippen molar-refractivity contribution in [3.05, 3.63) is 35.4 Å². The van der Waals surface area contributed by atoms with Gasteiger partial charge in [0.25, 0.3) is 0 Å². The van der Waals surface area contributed by atoms with Gasteiger partial charge in [-0.15, -0.1) is 0 Å². The second kappa shape index (κ2) is 6.28. The third-order valence-electron chi connectivity index (χ3n) is 2.83. The van der Waals surface area contributed by atoms with Crippen LogP contribution >= 0.6 is 11.8 Å². The van der Waals surface area contributed by atoms with Gasteiger partial charge in [0.15, 0.2) is 0 Å². The Morgan fingerprint density at radius 2 is 2.31 bits per heavy atom. The normalized spacial score (nSPS) is 20.2. The van der Waals surface area contributed by atoms with E-state index >= 15 is 0 Å². The van der Waals surface area contributed by atoms with Gasteiger partial charge >= 0.3 is 0 Å². The van der Waals surface area contributed by atoms with Crippen LogP contribution in [0, 0.1) is 0 Å². The molecule has 88 valence electrons. The molecule has 0 aliphatic carbocycles. The van der Waals surface area contributed by atoms with Gasteiger partial charge in [-0.3, -0.25) is 0 Å². The molecule has 1 aromatic carbocycles. The lowest BCUT2D eigenvalue weighted by atomic mass is 10.1. The van der Waals surface area contributed by atoms with Gasteiger partial charge < -0.3 is 10.1 Å². The Labute approximate surface area is 102 Å². The first-order chi connectivity index (χ1) is 7.88. The maximum absolute atomic E-state index is 5.14. The van der Waals surface area contributed by atoms with Crippen LogP contribution in [-0.2, 0) is 17.9 Å². The smallest absolute Gasteiger partial charge is 0.0713 e. The summed E-state index contributed by atoms with van der Waals surface area (Å²) in [5, 5.41) is 3.61. The van der Waals surface area contributed by atoms with E-state index in [0.717, 1.165) is 6.54 Å². The van der Waals surface area contributed by atoms with Crippen LogP contribution in [0.1, 0.15) is 17.5 Å². The molecule has 3 heteroatoms. The third kappa shape index (κ3) is 3.51. The molecular formula is C13H19NOS. The van der Waals surface area contributed by atoms with E-state index in [1.54, 1.807) is 7.11 Å². The average Bonchev–Trinajstić information content (AvgIpc) is 2.80. The first-order valence-electron chi connectivity index (χ1n) is 5.76. The molecule has 1 unspecified atom stereocenters. The van der Waals surface area contributed by atoms with Gasteiger partial charge in [0, 0.05) is 25.4 Å². The summed E-state index contributed by atoms with van der Waals surface area (Å²) in [6.45, 7) is 1.68. The Morgan fingerprint density at radius 1 is 1.44 bits per heavy atom. The third-order valence-corrected chi connectivity index (χ3v) is 3.99. The monoisotopic (exact) mass is 237 g/mol. The second-order valence-corrected chi connectivity index (χ2v) is 5.34. The summed E-state index contributed by atoms with van der Waals surface area (Å²) in [4.78, 5) is 0. The highest BCUT2D eigenvalue weighted by Crippen LogP contribution is 2.17. The molecule has 1 aromatic rings. The van der Waals surface area contributed by atoms with Crippen molar-refractivity contribution < 1.29 is 4.74 Å². The van der Waals surface area contributed by atoms with Crippen molar-refractivity contribution in [1.82, 2.24) is 5.32 Å². The number of ether oxygens (including phenoxy) is 1. The highest BCUT2D eigenvalue weighted by Gasteiger charge is 2.14. The van der Waals surface area contributed by atoms with E-state index in [4.69, 9.17) is 4.74 Å². The zero-order valence-electron chi connectivity index (χ0n) is 9.74. The molecule has 0 amide bonds. The fraction of sp³-hybridized carbons (Fsp3) is 0.538. The van der Waals surface area contributed by atoms with Crippen LogP contribution in [-0.4, -0.2) is 24.7 Å². The van der Waals surface area contributed by atoms with E-state index < -0.39 is 0 Å². The lowest BCUT2D eigenvalue weighted by Crippen LogP contribution is -2.27. The molecule has 0 saturated carbocycles. The largest absolute Gasteiger partial charge is 0.380 e. The fourth-order valence-electron chi connectivity index (χ4n) is 1.95. The zero-order chi connectivity index (χ0) is 11.2. The van der Waals surface area contributed by atoms with Gasteiger partial charge in [0.05, 0.1) is 6.61 Å². The Balaban J connectivity index is 1.85. The topological polar surface area (TPSA) is 21.3 Å². The van der Waals surface area contributed by atoms with E-state index in [9.17, 15) is 0 Å². The molecule has 1 saturated heterocycles. The Kier molecular flexibility index (Phi) is 4.69. The zero-order valence-corrected chi connectivity index (χ0v) is 10.6. The van der Waals surface area contributed by atoms with Crippen LogP contribution in [0.5, 0.6) is 0 Å². The summed E-state index contributed by atoms with van der Waals surface area (Å²) in [5.41, 5.74) is 2.61. The number of benzene rings is 1. The molecule has 16 heavy (non-hydrogen) atoms. The average molecular weight is 237 g/mol. The lowest BCUT2D eigenvalue weighted by Gasteiger charge is -2.11. The molecule has 0 bridgehead atoms. The predicted octanol–water partition coefficient (Wildman–Crippen LogP) is 2.43. The molecular weight excluding hydrogens is 218 g/mol. The minimum absolute atomic E-state index is 0.702. The summed E-state index contributed by atoms with van der Waals surface area (Å²) in [7, 11) is 1.74. The molecule has 0 spiro atoms. The van der Waals surface area contributed by atoms with Crippen molar-refractivity contribution in [3.8, 4) is 0 Å². The Bertz CT molecular complexity index is 323. The summed E-state index contributed by atoms with van der Waals surface area (Å²) in [5.74, 6) is 2.57. The molecule has 1 heterocycles. The minimum atomic E-state index is 0.702. The molecule has 1 aliphatic heterocycles. The summed E-state index contributed by atoms with van der Waals surface area (Å²) >= 11 is 2.05. The van der Waals surface area contributed by atoms with Crippen molar-refractivity contribution >= 4 is 11.8 Å². The molecule has 1 aliphatic rings. The van der Waals surface area contributed by atoms with E-state index in [0.29, 0.717) is 12.6 Å². The fourth-order valence-corrected chi connectivity index (χ4v) is 3.14. The van der Waals surface area contributed by atoms with Crippen LogP contribution in [0.4, 0.5) is 0 Å². The highest BCUT2D eigenvalue weighted by atomic mass is 32.2. The summed E-state index contributed by atoms with van der Waals surface area (Å²) < 4.78 is 5.14. The van der Waals surface area contributed by atoms with Gasteiger partial charge in [-0.1, -0.05) is 24.3 Å². The van der Waals surface area contributed by atoms with Crippen LogP contribution in [0.3, 0.4) is 0 Å². The Hall–Kier alpha value is -0.510. The number of methoxy groups -OCH3 is 1. The van der Waals surface area contributed by atoms with E-state index in [1.807, 2.05) is 11.8 Å². The first kappa shape index (κ1) is 12.0. The molecule has 2 nitrogen and oxygen atoms in total. The van der Waals surface area contributed by atoms with E-state index in [-0.39, 0.29) is 0 Å². The van der Waals surface area contributed by atoms with E-state index in [1.165, 1.54) is 29.1 Å². The van der Waals surface area contributed by atoms with Crippen LogP contribution < -0.4 is 5.32 Å². The number of rotatable bonds is 5. The lowest BCUT2D eigenvalue weighted by molar-refractivity contribution is 0.185. The van der Waals surface area contributed by atoms with Crippen molar-refractivity contribution in [3.63, 3.8) is 0 Å². The van der Waals surface area contributed by atoms with Gasteiger partial charge in [0.2, 0.25) is 0 Å². The molecule has 1 fully saturated rings. The van der Waals surface area contributed by atoms with Crippen molar-refractivity contribution in [1.29, 1.82) is 0 Å². The number of nitrogens with one attached hydrogen (secondary N) is 1. The molecule has 2 rings (SSSR count). The maximum atomic E-state index is 5.14. The van der Waals surface area contributed by atoms with E-state index in [2.05, 4.69) is 29.6 Å². The minimum Gasteiger partial charge on any atom is -0.380 e. The quantitative estimate of drug-likeness (QED) is 0.850. The van der Waals surface area contributed by atoms with Crippen molar-refractivity contribution in [2.45, 2.75) is 25.6 Å². The van der Waals surface area contributed by atoms with Crippen LogP contribution in [0.15, 0.2) is 24.3 Å². The second-order valence-electron chi connectivity index (χ2n) is 4.19. The molecule has 0 aromatic heterocycles. The first-order valence-corrected chi connectivity index (χ1v) is 6.92. The molecule has 1 atom stereocenters. The van der Waals surface area contributed by atoms with Gasteiger partial charge in [-0.05, 0) is 23.3 Å². The summed E-state index contributed by atoms with van der Waals surface area (Å²) in [6, 6.07) is 9.32. The number of hydrogen-bond acceptors (Lipinski definition) is 3. The van der Waals surface area contributed by atoms with Gasteiger partial charge in [-0.25, -0.2) is 0 Å². The van der Waals surface area contributed by atoms with Gasteiger partial charge in [0.1, 0.15) is 0 Å². The van der Waals surface area contributed by atoms with Crippen LogP contribution in [0.25, 0.3) is 0 Å². The molecule has 1 N–H and O–H groups in total. The maximum Gasteiger partial charge on any atom is 0.0713 e. The standard InChI is InChI=1S/C13H19NOS/c1-15-9-12-4-2-3-11(7-12)8-14-13-5-6-16-10-13/h2-4,7,13-14H,5-6,8-10H2,1H3. The van der Waals surface area contributed by atoms with Gasteiger partial charge in [-0.2, -0.15) is 11.8 Å². The number of thioether (sulfide) groups is 1. The highest BCUT2D eigenvalue weighted by molar-refractivity contribution is 7.99. The SMILES string of the molecule is COCc1cccc(CNC2CCSC2)c1. The van der Waals surface area contributed by atoms with Crippen molar-refractivity contribution in [2.75, 3.05) is 18.6 Å². The van der Waals surface area contributed by atoms with Crippen molar-refractivity contribution in [2.24, 2.45) is 0 Å². The summed E-state index contributed by atoms with van der Waals surface area (Å²) in [6.07, 6.45) is 1.31. The van der Waals surface area contributed by atoms with Crippen LogP contribution in [0.2, 0.25) is 0 Å². The number of hydrogen-bond donors (Lipinski definition) is 1. The Morgan fingerprint density at radius 3 is 3.06 bits per heavy atom.